The zero-order valence-corrected chi connectivity index (χ0v) is 23.8. The van der Waals surface area contributed by atoms with Crippen molar-refractivity contribution in [2.24, 2.45) is 22.9 Å². The molecule has 0 aromatic heterocycles. The minimum atomic E-state index is -1.72. The van der Waals surface area contributed by atoms with Gasteiger partial charge in [0.15, 0.2) is 5.79 Å². The second kappa shape index (κ2) is 11.0. The quantitative estimate of drug-likeness (QED) is 0.192. The minimum Gasteiger partial charge on any atom is -0.462 e. The topological polar surface area (TPSA) is 107 Å². The molecule has 2 N–H and O–H groups in total. The Labute approximate surface area is 231 Å². The van der Waals surface area contributed by atoms with Crippen molar-refractivity contribution in [2.75, 3.05) is 6.61 Å². The van der Waals surface area contributed by atoms with Gasteiger partial charge in [0.05, 0.1) is 18.8 Å². The summed E-state index contributed by atoms with van der Waals surface area (Å²) >= 11 is 0. The van der Waals surface area contributed by atoms with Crippen molar-refractivity contribution >= 4 is 11.7 Å². The lowest BCUT2D eigenvalue weighted by Crippen LogP contribution is -2.57. The SMILES string of the molecule is CC1=C[C@H]2C(=O)O[C@H]3C[C@@H](C/C=C(\C)C[C@@H](C)C=C/C=C4\CO[C@H](/C1=N\O)[C@@]42O)O[C@@]1(CC[C@H](C)[C@@H](C)O1)C3. The molecule has 0 amide bonds. The molecular weight excluding hydrogens is 498 g/mol. The van der Waals surface area contributed by atoms with E-state index in [2.05, 4.69) is 45.0 Å². The van der Waals surface area contributed by atoms with Crippen molar-refractivity contribution in [3.8, 4) is 0 Å². The number of aliphatic hydroxyl groups is 1. The lowest BCUT2D eigenvalue weighted by molar-refractivity contribution is -0.332. The molecule has 5 rings (SSSR count). The van der Waals surface area contributed by atoms with E-state index >= 15 is 0 Å². The number of carbonyl (C=O) groups is 1. The number of carbonyl (C=O) groups excluding carboxylic acids is 1. The Morgan fingerprint density at radius 1 is 1.13 bits per heavy atom. The van der Waals surface area contributed by atoms with Gasteiger partial charge in [-0.25, -0.2) is 0 Å². The Morgan fingerprint density at radius 2 is 1.92 bits per heavy atom. The predicted octanol–water partition coefficient (Wildman–Crippen LogP) is 5.00. The number of allylic oxidation sites excluding steroid dienone is 4. The first kappa shape index (κ1) is 28.3. The molecule has 0 aromatic rings. The van der Waals surface area contributed by atoms with Crippen molar-refractivity contribution in [3.63, 3.8) is 0 Å². The van der Waals surface area contributed by atoms with Crippen LogP contribution in [0, 0.1) is 17.8 Å². The van der Waals surface area contributed by atoms with Gasteiger partial charge in [0, 0.05) is 19.3 Å². The van der Waals surface area contributed by atoms with Gasteiger partial charge in [0.25, 0.3) is 0 Å². The largest absolute Gasteiger partial charge is 0.462 e. The van der Waals surface area contributed by atoms with Gasteiger partial charge < -0.3 is 29.3 Å². The summed E-state index contributed by atoms with van der Waals surface area (Å²) in [6.45, 7) is 10.4. The molecule has 4 aliphatic heterocycles. The van der Waals surface area contributed by atoms with Crippen molar-refractivity contribution in [3.05, 3.63) is 47.1 Å². The number of oxime groups is 1. The standard InChI is InChI=1S/C31H43NO7/c1-18-7-6-8-23-17-36-28-27(32-35)21(4)14-26(31(23,28)34)29(33)37-25-15-24(10-9-19(2)13-18)39-30(16-25)12-11-20(3)22(5)38-30/h6-9,14,18,20,22,24-26,28,34-35H,10-13,15-17H2,1-5H3/b7-6?,19-9+,23-8+,32-27-/t18-,20-,22+,24+,25-,26-,28+,30-,31+/m0/s1. The van der Waals surface area contributed by atoms with E-state index in [-0.39, 0.29) is 30.4 Å². The van der Waals surface area contributed by atoms with Crippen LogP contribution in [0.5, 0.6) is 0 Å². The van der Waals surface area contributed by atoms with Crippen molar-refractivity contribution < 1.29 is 34.1 Å². The Hall–Kier alpha value is -2.26. The highest BCUT2D eigenvalue weighted by atomic mass is 16.7. The van der Waals surface area contributed by atoms with Crippen LogP contribution >= 0.6 is 0 Å². The fourth-order valence-corrected chi connectivity index (χ4v) is 6.85. The van der Waals surface area contributed by atoms with Crippen LogP contribution < -0.4 is 0 Å². The molecule has 1 aliphatic carbocycles. The maximum absolute atomic E-state index is 13.9. The highest BCUT2D eigenvalue weighted by Gasteiger charge is 2.59. The number of rotatable bonds is 0. The fraction of sp³-hybridized carbons (Fsp3) is 0.677. The summed E-state index contributed by atoms with van der Waals surface area (Å²) in [4.78, 5) is 13.9. The zero-order valence-electron chi connectivity index (χ0n) is 23.8. The highest BCUT2D eigenvalue weighted by Crippen LogP contribution is 2.46. The minimum absolute atomic E-state index is 0.0431. The van der Waals surface area contributed by atoms with Crippen LogP contribution in [0.25, 0.3) is 0 Å². The Bertz CT molecular complexity index is 1120. The van der Waals surface area contributed by atoms with E-state index in [1.165, 1.54) is 5.57 Å². The van der Waals surface area contributed by atoms with E-state index in [1.807, 2.05) is 12.2 Å². The van der Waals surface area contributed by atoms with Crippen LogP contribution in [0.3, 0.4) is 0 Å². The molecule has 8 nitrogen and oxygen atoms in total. The summed E-state index contributed by atoms with van der Waals surface area (Å²) in [5.74, 6) is -1.62. The third-order valence-electron chi connectivity index (χ3n) is 9.25. The van der Waals surface area contributed by atoms with Gasteiger partial charge in [-0.2, -0.15) is 0 Å². The summed E-state index contributed by atoms with van der Waals surface area (Å²) < 4.78 is 25.3. The number of nitrogens with zero attached hydrogens (tertiary/aromatic N) is 1. The molecule has 3 saturated heterocycles. The first-order valence-electron chi connectivity index (χ1n) is 14.4. The van der Waals surface area contributed by atoms with Crippen molar-refractivity contribution in [1.82, 2.24) is 0 Å². The molecule has 0 saturated carbocycles. The highest BCUT2D eigenvalue weighted by molar-refractivity contribution is 6.06. The van der Waals surface area contributed by atoms with Gasteiger partial charge in [-0.05, 0) is 63.0 Å². The summed E-state index contributed by atoms with van der Waals surface area (Å²) in [5, 5.41) is 25.2. The Balaban J connectivity index is 1.53. The number of hydrogen-bond acceptors (Lipinski definition) is 8. The molecule has 39 heavy (non-hydrogen) atoms. The van der Waals surface area contributed by atoms with E-state index in [1.54, 1.807) is 13.0 Å². The Kier molecular flexibility index (Phi) is 7.94. The summed E-state index contributed by atoms with van der Waals surface area (Å²) in [6, 6.07) is 0. The number of hydrogen-bond donors (Lipinski definition) is 2. The van der Waals surface area contributed by atoms with Gasteiger partial charge in [0.2, 0.25) is 0 Å². The number of esters is 1. The van der Waals surface area contributed by atoms with Gasteiger partial charge in [-0.15, -0.1) is 0 Å². The molecule has 1 spiro atoms. The molecule has 5 aliphatic rings. The van der Waals surface area contributed by atoms with Crippen LogP contribution in [0.15, 0.2) is 52.3 Å². The second-order valence-corrected chi connectivity index (χ2v) is 12.4. The summed E-state index contributed by atoms with van der Waals surface area (Å²) in [6.07, 6.45) is 12.6. The second-order valence-electron chi connectivity index (χ2n) is 12.4. The molecule has 8 heteroatoms. The van der Waals surface area contributed by atoms with Crippen LogP contribution in [0.2, 0.25) is 0 Å². The normalized spacial score (nSPS) is 47.0. The monoisotopic (exact) mass is 541 g/mol. The van der Waals surface area contributed by atoms with E-state index in [9.17, 15) is 15.1 Å². The first-order valence-corrected chi connectivity index (χ1v) is 14.4. The van der Waals surface area contributed by atoms with Gasteiger partial charge in [-0.3, -0.25) is 4.79 Å². The van der Waals surface area contributed by atoms with Gasteiger partial charge in [0.1, 0.15) is 29.4 Å². The zero-order chi connectivity index (χ0) is 27.9. The molecule has 0 unspecified atom stereocenters. The smallest absolute Gasteiger partial charge is 0.316 e. The van der Waals surface area contributed by atoms with Crippen LogP contribution in [-0.2, 0) is 23.7 Å². The van der Waals surface area contributed by atoms with E-state index < -0.39 is 35.5 Å². The van der Waals surface area contributed by atoms with Crippen molar-refractivity contribution in [1.29, 1.82) is 0 Å². The molecule has 214 valence electrons. The fourth-order valence-electron chi connectivity index (χ4n) is 6.85. The van der Waals surface area contributed by atoms with E-state index in [0.717, 1.165) is 19.3 Å². The lowest BCUT2D eigenvalue weighted by Gasteiger charge is -2.49. The number of ether oxygens (including phenoxy) is 4. The molecule has 2 bridgehead atoms. The predicted molar refractivity (Wildman–Crippen MR) is 146 cm³/mol. The van der Waals surface area contributed by atoms with Gasteiger partial charge in [-0.1, -0.05) is 55.0 Å². The number of fused-ring (bicyclic) bond motifs is 2. The maximum atomic E-state index is 13.9. The molecule has 9 atom stereocenters. The molecule has 3 fully saturated rings. The molecular formula is C31H43NO7. The average molecular weight is 542 g/mol. The molecule has 0 radical (unpaired) electrons. The van der Waals surface area contributed by atoms with Gasteiger partial charge >= 0.3 is 5.97 Å². The molecule has 0 aromatic carbocycles. The first-order chi connectivity index (χ1) is 18.5. The average Bonchev–Trinajstić information content (AvgIpc) is 3.21. The Morgan fingerprint density at radius 3 is 2.67 bits per heavy atom. The third-order valence-corrected chi connectivity index (χ3v) is 9.25. The van der Waals surface area contributed by atoms with Crippen LogP contribution in [-0.4, -0.2) is 64.4 Å². The lowest BCUT2D eigenvalue weighted by atomic mass is 9.71. The maximum Gasteiger partial charge on any atom is 0.316 e. The van der Waals surface area contributed by atoms with E-state index in [4.69, 9.17) is 18.9 Å². The van der Waals surface area contributed by atoms with Crippen molar-refractivity contribution in [2.45, 2.75) is 109 Å². The summed E-state index contributed by atoms with van der Waals surface area (Å²) in [7, 11) is 0. The van der Waals surface area contributed by atoms with E-state index in [0.29, 0.717) is 36.3 Å². The summed E-state index contributed by atoms with van der Waals surface area (Å²) in [5.41, 5.74) is 0.916. The third kappa shape index (κ3) is 5.41. The van der Waals surface area contributed by atoms with Crippen LogP contribution in [0.4, 0.5) is 0 Å². The van der Waals surface area contributed by atoms with Crippen LogP contribution in [0.1, 0.15) is 73.1 Å². The molecule has 4 heterocycles.